The molecule has 1 aromatic rings. The Balaban J connectivity index is 1.93. The summed E-state index contributed by atoms with van der Waals surface area (Å²) < 4.78 is 37.4. The second-order valence-electron chi connectivity index (χ2n) is 8.54. The first-order valence-corrected chi connectivity index (χ1v) is 12.6. The average Bonchev–Trinajstić information content (AvgIpc) is 3.12. The van der Waals surface area contributed by atoms with Crippen LogP contribution in [0, 0.1) is 24.2 Å². The van der Waals surface area contributed by atoms with Crippen molar-refractivity contribution in [1.82, 2.24) is 0 Å². The van der Waals surface area contributed by atoms with E-state index in [2.05, 4.69) is 0 Å². The first-order valence-electron chi connectivity index (χ1n) is 11.1. The van der Waals surface area contributed by atoms with Gasteiger partial charge in [-0.15, -0.1) is 0 Å². The predicted molar refractivity (Wildman–Crippen MR) is 117 cm³/mol. The number of carbonyl (C=O) groups is 2. The van der Waals surface area contributed by atoms with Crippen molar-refractivity contribution >= 4 is 21.8 Å². The van der Waals surface area contributed by atoms with Crippen molar-refractivity contribution < 1.29 is 27.5 Å². The standard InChI is InChI=1S/C24H32O6S/c1-4-29-22(25)21(23(26)30-5-2)18-13-15-24(16-18)14-7-6-8-20(24)31(27,28)19-11-9-17(3)10-12-19/h8-12,18,21H,4-7,13-16H2,1-3H3/t18-,24-/m0/s1. The lowest BCUT2D eigenvalue weighted by molar-refractivity contribution is -0.164. The van der Waals surface area contributed by atoms with Gasteiger partial charge < -0.3 is 9.47 Å². The van der Waals surface area contributed by atoms with E-state index in [1.807, 2.05) is 13.0 Å². The Morgan fingerprint density at radius 2 is 1.68 bits per heavy atom. The molecule has 31 heavy (non-hydrogen) atoms. The van der Waals surface area contributed by atoms with Gasteiger partial charge in [-0.25, -0.2) is 8.42 Å². The number of allylic oxidation sites excluding steroid dienone is 2. The van der Waals surface area contributed by atoms with Gasteiger partial charge in [-0.05, 0) is 77.3 Å². The molecule has 1 saturated carbocycles. The number of sulfone groups is 1. The number of ether oxygens (including phenoxy) is 2. The van der Waals surface area contributed by atoms with Crippen LogP contribution in [0.5, 0.6) is 0 Å². The highest BCUT2D eigenvalue weighted by molar-refractivity contribution is 7.95. The predicted octanol–water partition coefficient (Wildman–Crippen LogP) is 4.37. The third-order valence-corrected chi connectivity index (χ3v) is 8.60. The molecule has 1 fully saturated rings. The van der Waals surface area contributed by atoms with Crippen molar-refractivity contribution in [2.24, 2.45) is 17.3 Å². The Bertz CT molecular complexity index is 929. The topological polar surface area (TPSA) is 86.7 Å². The fourth-order valence-electron chi connectivity index (χ4n) is 5.10. The lowest BCUT2D eigenvalue weighted by Crippen LogP contribution is -2.35. The molecule has 0 aromatic heterocycles. The third-order valence-electron chi connectivity index (χ3n) is 6.53. The van der Waals surface area contributed by atoms with Crippen molar-refractivity contribution in [3.63, 3.8) is 0 Å². The van der Waals surface area contributed by atoms with Gasteiger partial charge in [0, 0.05) is 5.41 Å². The van der Waals surface area contributed by atoms with Gasteiger partial charge >= 0.3 is 11.9 Å². The quantitative estimate of drug-likeness (QED) is 0.455. The molecule has 3 rings (SSSR count). The fraction of sp³-hybridized carbons (Fsp3) is 0.583. The van der Waals surface area contributed by atoms with Crippen LogP contribution in [-0.2, 0) is 28.9 Å². The van der Waals surface area contributed by atoms with Crippen LogP contribution < -0.4 is 0 Å². The Hall–Kier alpha value is -2.15. The lowest BCUT2D eigenvalue weighted by atomic mass is 9.75. The van der Waals surface area contributed by atoms with E-state index in [0.29, 0.717) is 35.5 Å². The highest BCUT2D eigenvalue weighted by Gasteiger charge is 2.52. The van der Waals surface area contributed by atoms with Crippen molar-refractivity contribution in [3.8, 4) is 0 Å². The van der Waals surface area contributed by atoms with Crippen molar-refractivity contribution in [1.29, 1.82) is 0 Å². The smallest absolute Gasteiger partial charge is 0.320 e. The maximum absolute atomic E-state index is 13.6. The van der Waals surface area contributed by atoms with Gasteiger partial charge in [-0.3, -0.25) is 9.59 Å². The molecule has 0 radical (unpaired) electrons. The van der Waals surface area contributed by atoms with E-state index < -0.39 is 33.1 Å². The monoisotopic (exact) mass is 448 g/mol. The third kappa shape index (κ3) is 4.71. The van der Waals surface area contributed by atoms with E-state index in [0.717, 1.165) is 18.4 Å². The first-order chi connectivity index (χ1) is 14.7. The van der Waals surface area contributed by atoms with E-state index in [9.17, 15) is 18.0 Å². The summed E-state index contributed by atoms with van der Waals surface area (Å²) >= 11 is 0. The van der Waals surface area contributed by atoms with Crippen LogP contribution in [0.1, 0.15) is 57.9 Å². The Morgan fingerprint density at radius 1 is 1.06 bits per heavy atom. The number of aryl methyl sites for hydroxylation is 1. The Labute approximate surface area is 184 Å². The lowest BCUT2D eigenvalue weighted by Gasteiger charge is -2.35. The molecule has 7 heteroatoms. The van der Waals surface area contributed by atoms with Crippen LogP contribution in [0.2, 0.25) is 0 Å². The summed E-state index contributed by atoms with van der Waals surface area (Å²) in [5, 5.41) is 0. The first kappa shape index (κ1) is 23.5. The summed E-state index contributed by atoms with van der Waals surface area (Å²) in [6.07, 6.45) is 5.87. The number of benzene rings is 1. The molecule has 2 aliphatic carbocycles. The summed E-state index contributed by atoms with van der Waals surface area (Å²) in [6.45, 7) is 5.68. The van der Waals surface area contributed by atoms with Crippen LogP contribution in [-0.4, -0.2) is 33.6 Å². The molecule has 1 spiro atoms. The van der Waals surface area contributed by atoms with Gasteiger partial charge in [0.1, 0.15) is 0 Å². The number of hydrogen-bond donors (Lipinski definition) is 0. The molecule has 0 aliphatic heterocycles. The van der Waals surface area contributed by atoms with E-state index in [1.54, 1.807) is 38.1 Å². The molecule has 0 unspecified atom stereocenters. The molecular weight excluding hydrogens is 416 g/mol. The molecule has 2 aliphatic rings. The van der Waals surface area contributed by atoms with Gasteiger partial charge in [0.2, 0.25) is 9.84 Å². The van der Waals surface area contributed by atoms with E-state index in [4.69, 9.17) is 9.47 Å². The molecule has 0 N–H and O–H groups in total. The van der Waals surface area contributed by atoms with Crippen LogP contribution in [0.4, 0.5) is 0 Å². The van der Waals surface area contributed by atoms with Gasteiger partial charge in [-0.2, -0.15) is 0 Å². The molecule has 0 bridgehead atoms. The van der Waals surface area contributed by atoms with Gasteiger partial charge in [0.25, 0.3) is 0 Å². The minimum absolute atomic E-state index is 0.180. The zero-order valence-electron chi connectivity index (χ0n) is 18.6. The van der Waals surface area contributed by atoms with Gasteiger partial charge in [0.15, 0.2) is 5.92 Å². The van der Waals surface area contributed by atoms with Crippen molar-refractivity contribution in [3.05, 3.63) is 40.8 Å². The average molecular weight is 449 g/mol. The van der Waals surface area contributed by atoms with Crippen LogP contribution >= 0.6 is 0 Å². The van der Waals surface area contributed by atoms with E-state index >= 15 is 0 Å². The van der Waals surface area contributed by atoms with Gasteiger partial charge in [0.05, 0.1) is 23.0 Å². The number of carbonyl (C=O) groups excluding carboxylic acids is 2. The Morgan fingerprint density at radius 3 is 2.26 bits per heavy atom. The summed E-state index contributed by atoms with van der Waals surface area (Å²) in [7, 11) is -3.65. The van der Waals surface area contributed by atoms with Crippen LogP contribution in [0.25, 0.3) is 0 Å². The molecular formula is C24H32O6S. The van der Waals surface area contributed by atoms with Crippen LogP contribution in [0.3, 0.4) is 0 Å². The zero-order valence-corrected chi connectivity index (χ0v) is 19.4. The summed E-state index contributed by atoms with van der Waals surface area (Å²) in [4.78, 5) is 25.9. The molecule has 0 heterocycles. The second kappa shape index (κ2) is 9.55. The highest BCUT2D eigenvalue weighted by Crippen LogP contribution is 2.56. The maximum Gasteiger partial charge on any atom is 0.320 e. The molecule has 0 amide bonds. The summed E-state index contributed by atoms with van der Waals surface area (Å²) in [5.41, 5.74) is 0.447. The minimum Gasteiger partial charge on any atom is -0.465 e. The van der Waals surface area contributed by atoms with Crippen molar-refractivity contribution in [2.75, 3.05) is 13.2 Å². The molecule has 6 nitrogen and oxygen atoms in total. The SMILES string of the molecule is CCOC(=O)C(C(=O)OCC)[C@H]1CC[C@@]2(CCCC=C2S(=O)(=O)c2ccc(C)cc2)C1. The number of esters is 2. The summed E-state index contributed by atoms with van der Waals surface area (Å²) in [6, 6.07) is 6.91. The van der Waals surface area contributed by atoms with Crippen LogP contribution in [0.15, 0.2) is 40.1 Å². The van der Waals surface area contributed by atoms with Crippen molar-refractivity contribution in [2.45, 2.75) is 64.2 Å². The fourth-order valence-corrected chi connectivity index (χ4v) is 7.04. The molecule has 170 valence electrons. The minimum atomic E-state index is -3.65. The Kier molecular flexibility index (Phi) is 7.24. The highest BCUT2D eigenvalue weighted by atomic mass is 32.2. The normalized spacial score (nSPS) is 23.6. The van der Waals surface area contributed by atoms with E-state index in [-0.39, 0.29) is 19.1 Å². The maximum atomic E-state index is 13.6. The summed E-state index contributed by atoms with van der Waals surface area (Å²) in [5.74, 6) is -2.46. The molecule has 0 saturated heterocycles. The number of rotatable bonds is 7. The number of hydrogen-bond acceptors (Lipinski definition) is 6. The van der Waals surface area contributed by atoms with Gasteiger partial charge in [-0.1, -0.05) is 23.8 Å². The molecule has 2 atom stereocenters. The zero-order chi connectivity index (χ0) is 22.6. The molecule has 1 aromatic carbocycles. The second-order valence-corrected chi connectivity index (χ2v) is 10.5. The van der Waals surface area contributed by atoms with E-state index in [1.165, 1.54) is 0 Å². The largest absolute Gasteiger partial charge is 0.465 e.